The standard InChI is InChI=1S/C14H23N3OS/c18-14(3-2-13-4-11-19-12-13)16-5-1-8-17-9-6-15-7-10-17/h4,11-12,15H,1-3,5-10H2,(H,16,18). The third kappa shape index (κ3) is 5.72. The van der Waals surface area contributed by atoms with Crippen molar-refractivity contribution in [1.29, 1.82) is 0 Å². The van der Waals surface area contributed by atoms with Crippen LogP contribution in [0.4, 0.5) is 0 Å². The number of nitrogens with zero attached hydrogens (tertiary/aromatic N) is 1. The van der Waals surface area contributed by atoms with E-state index in [0.717, 1.165) is 52.1 Å². The second kappa shape index (κ2) is 8.30. The normalized spacial score (nSPS) is 16.4. The van der Waals surface area contributed by atoms with Crippen molar-refractivity contribution < 1.29 is 4.79 Å². The average Bonchev–Trinajstić information content (AvgIpc) is 2.96. The molecule has 1 aromatic rings. The summed E-state index contributed by atoms with van der Waals surface area (Å²) in [5.41, 5.74) is 1.26. The van der Waals surface area contributed by atoms with Crippen LogP contribution >= 0.6 is 11.3 Å². The van der Waals surface area contributed by atoms with E-state index in [9.17, 15) is 4.79 Å². The Bertz CT molecular complexity index is 361. The van der Waals surface area contributed by atoms with Gasteiger partial charge in [0.1, 0.15) is 0 Å². The first-order valence-electron chi connectivity index (χ1n) is 7.05. The number of carbonyl (C=O) groups is 1. The van der Waals surface area contributed by atoms with E-state index in [4.69, 9.17) is 0 Å². The lowest BCUT2D eigenvalue weighted by molar-refractivity contribution is -0.121. The van der Waals surface area contributed by atoms with Crippen LogP contribution < -0.4 is 10.6 Å². The maximum absolute atomic E-state index is 11.7. The maximum Gasteiger partial charge on any atom is 0.220 e. The molecular formula is C14H23N3OS. The van der Waals surface area contributed by atoms with Crippen LogP contribution in [0.3, 0.4) is 0 Å². The van der Waals surface area contributed by atoms with Gasteiger partial charge in [0.25, 0.3) is 0 Å². The van der Waals surface area contributed by atoms with E-state index in [-0.39, 0.29) is 5.91 Å². The fraction of sp³-hybridized carbons (Fsp3) is 0.643. The molecule has 1 amide bonds. The van der Waals surface area contributed by atoms with Gasteiger partial charge in [0, 0.05) is 39.1 Å². The van der Waals surface area contributed by atoms with E-state index in [0.29, 0.717) is 6.42 Å². The van der Waals surface area contributed by atoms with E-state index >= 15 is 0 Å². The molecule has 2 heterocycles. The first kappa shape index (κ1) is 14.5. The van der Waals surface area contributed by atoms with Crippen molar-refractivity contribution in [1.82, 2.24) is 15.5 Å². The van der Waals surface area contributed by atoms with Crippen LogP contribution in [0.2, 0.25) is 0 Å². The van der Waals surface area contributed by atoms with Crippen molar-refractivity contribution in [3.05, 3.63) is 22.4 Å². The Balaban J connectivity index is 1.49. The van der Waals surface area contributed by atoms with Crippen LogP contribution in [-0.2, 0) is 11.2 Å². The van der Waals surface area contributed by atoms with Crippen molar-refractivity contribution in [2.45, 2.75) is 19.3 Å². The number of hydrogen-bond donors (Lipinski definition) is 2. The zero-order chi connectivity index (χ0) is 13.3. The van der Waals surface area contributed by atoms with Gasteiger partial charge in [-0.15, -0.1) is 0 Å². The molecule has 5 heteroatoms. The third-order valence-corrected chi connectivity index (χ3v) is 4.14. The molecule has 0 aromatic carbocycles. The average molecular weight is 281 g/mol. The summed E-state index contributed by atoms with van der Waals surface area (Å²) in [5.74, 6) is 0.173. The molecule has 1 saturated heterocycles. The first-order chi connectivity index (χ1) is 9.34. The van der Waals surface area contributed by atoms with Gasteiger partial charge in [-0.25, -0.2) is 0 Å². The van der Waals surface area contributed by atoms with Crippen LogP contribution in [0.5, 0.6) is 0 Å². The second-order valence-corrected chi connectivity index (χ2v) is 5.71. The Labute approximate surface area is 119 Å². The Kier molecular flexibility index (Phi) is 6.33. The highest BCUT2D eigenvalue weighted by Crippen LogP contribution is 2.08. The predicted octanol–water partition coefficient (Wildman–Crippen LogP) is 1.09. The van der Waals surface area contributed by atoms with Gasteiger partial charge in [0.05, 0.1) is 0 Å². The number of piperazine rings is 1. The molecule has 1 aromatic heterocycles. The molecule has 0 saturated carbocycles. The lowest BCUT2D eigenvalue weighted by atomic mass is 10.2. The molecule has 0 aliphatic carbocycles. The Morgan fingerprint density at radius 2 is 2.26 bits per heavy atom. The van der Waals surface area contributed by atoms with E-state index in [2.05, 4.69) is 32.4 Å². The van der Waals surface area contributed by atoms with E-state index < -0.39 is 0 Å². The second-order valence-electron chi connectivity index (χ2n) is 4.93. The Morgan fingerprint density at radius 1 is 1.42 bits per heavy atom. The quantitative estimate of drug-likeness (QED) is 0.736. The highest BCUT2D eigenvalue weighted by Gasteiger charge is 2.08. The zero-order valence-corrected chi connectivity index (χ0v) is 12.2. The summed E-state index contributed by atoms with van der Waals surface area (Å²) in [6, 6.07) is 2.09. The molecule has 0 bridgehead atoms. The summed E-state index contributed by atoms with van der Waals surface area (Å²) in [6.07, 6.45) is 2.50. The van der Waals surface area contributed by atoms with Crippen LogP contribution in [0, 0.1) is 0 Å². The molecule has 0 unspecified atom stereocenters. The smallest absolute Gasteiger partial charge is 0.220 e. The third-order valence-electron chi connectivity index (χ3n) is 3.40. The molecular weight excluding hydrogens is 258 g/mol. The van der Waals surface area contributed by atoms with Crippen molar-refractivity contribution in [3.8, 4) is 0 Å². The van der Waals surface area contributed by atoms with Crippen LogP contribution in [-0.4, -0.2) is 50.1 Å². The number of amides is 1. The maximum atomic E-state index is 11.7. The van der Waals surface area contributed by atoms with Gasteiger partial charge < -0.3 is 15.5 Å². The highest BCUT2D eigenvalue weighted by atomic mass is 32.1. The predicted molar refractivity (Wildman–Crippen MR) is 79.6 cm³/mol. The molecule has 2 rings (SSSR count). The summed E-state index contributed by atoms with van der Waals surface area (Å²) in [5, 5.41) is 10.5. The summed E-state index contributed by atoms with van der Waals surface area (Å²) in [7, 11) is 0. The first-order valence-corrected chi connectivity index (χ1v) is 8.00. The van der Waals surface area contributed by atoms with Gasteiger partial charge >= 0.3 is 0 Å². The van der Waals surface area contributed by atoms with E-state index in [1.807, 2.05) is 0 Å². The fourth-order valence-corrected chi connectivity index (χ4v) is 2.95. The monoisotopic (exact) mass is 281 g/mol. The molecule has 2 N–H and O–H groups in total. The van der Waals surface area contributed by atoms with Gasteiger partial charge in [-0.1, -0.05) is 0 Å². The van der Waals surface area contributed by atoms with Gasteiger partial charge in [0.15, 0.2) is 0 Å². The highest BCUT2D eigenvalue weighted by molar-refractivity contribution is 7.07. The molecule has 1 fully saturated rings. The number of aryl methyl sites for hydroxylation is 1. The zero-order valence-electron chi connectivity index (χ0n) is 11.4. The Morgan fingerprint density at radius 3 is 3.00 bits per heavy atom. The lowest BCUT2D eigenvalue weighted by Gasteiger charge is -2.27. The summed E-state index contributed by atoms with van der Waals surface area (Å²) in [4.78, 5) is 14.1. The fourth-order valence-electron chi connectivity index (χ4n) is 2.25. The molecule has 106 valence electrons. The summed E-state index contributed by atoms with van der Waals surface area (Å²) in [6.45, 7) is 6.33. The molecule has 0 atom stereocenters. The topological polar surface area (TPSA) is 44.4 Å². The number of carbonyl (C=O) groups excluding carboxylic acids is 1. The van der Waals surface area contributed by atoms with Crippen LogP contribution in [0.1, 0.15) is 18.4 Å². The minimum Gasteiger partial charge on any atom is -0.356 e. The van der Waals surface area contributed by atoms with E-state index in [1.165, 1.54) is 5.56 Å². The molecule has 0 spiro atoms. The van der Waals surface area contributed by atoms with Gasteiger partial charge in [-0.2, -0.15) is 11.3 Å². The van der Waals surface area contributed by atoms with Crippen molar-refractivity contribution in [3.63, 3.8) is 0 Å². The lowest BCUT2D eigenvalue weighted by Crippen LogP contribution is -2.44. The Hall–Kier alpha value is -0.910. The summed E-state index contributed by atoms with van der Waals surface area (Å²) < 4.78 is 0. The summed E-state index contributed by atoms with van der Waals surface area (Å²) >= 11 is 1.69. The number of nitrogens with one attached hydrogen (secondary N) is 2. The van der Waals surface area contributed by atoms with Gasteiger partial charge in [0.2, 0.25) is 5.91 Å². The van der Waals surface area contributed by atoms with Crippen molar-refractivity contribution in [2.24, 2.45) is 0 Å². The minimum absolute atomic E-state index is 0.173. The number of hydrogen-bond acceptors (Lipinski definition) is 4. The minimum atomic E-state index is 0.173. The van der Waals surface area contributed by atoms with E-state index in [1.54, 1.807) is 11.3 Å². The molecule has 1 aliphatic rings. The number of rotatable bonds is 7. The molecule has 1 aliphatic heterocycles. The van der Waals surface area contributed by atoms with Crippen LogP contribution in [0.25, 0.3) is 0 Å². The van der Waals surface area contributed by atoms with Crippen molar-refractivity contribution in [2.75, 3.05) is 39.3 Å². The van der Waals surface area contributed by atoms with Crippen molar-refractivity contribution >= 4 is 17.2 Å². The SMILES string of the molecule is O=C(CCc1ccsc1)NCCCN1CCNCC1. The van der Waals surface area contributed by atoms with Gasteiger partial charge in [-0.05, 0) is 41.8 Å². The van der Waals surface area contributed by atoms with Crippen LogP contribution in [0.15, 0.2) is 16.8 Å². The molecule has 0 radical (unpaired) electrons. The largest absolute Gasteiger partial charge is 0.356 e. The molecule has 19 heavy (non-hydrogen) atoms. The number of thiophene rings is 1. The molecule has 4 nitrogen and oxygen atoms in total. The van der Waals surface area contributed by atoms with Gasteiger partial charge in [-0.3, -0.25) is 4.79 Å².